The van der Waals surface area contributed by atoms with Crippen LogP contribution in [0.1, 0.15) is 133 Å². The number of nitrogens with zero attached hydrogens (tertiary/aromatic N) is 3. The van der Waals surface area contributed by atoms with E-state index in [-0.39, 0.29) is 23.7 Å². The molecular weight excluding hydrogens is 633 g/mol. The van der Waals surface area contributed by atoms with Crippen molar-refractivity contribution in [3.8, 4) is 47.4 Å². The first-order chi connectivity index (χ1) is 25.1. The van der Waals surface area contributed by atoms with Gasteiger partial charge in [-0.1, -0.05) is 74.1 Å². The number of likely N-dealkylation sites (tertiary alicyclic amines) is 2. The molecule has 2 heterocycles. The van der Waals surface area contributed by atoms with E-state index in [1.165, 1.54) is 50.7 Å². The van der Waals surface area contributed by atoms with Gasteiger partial charge in [0, 0.05) is 32.2 Å². The molecular formula is C46H59F2N3. The summed E-state index contributed by atoms with van der Waals surface area (Å²) in [5.74, 6) is 26.9. The van der Waals surface area contributed by atoms with E-state index in [0.717, 1.165) is 121 Å². The molecule has 4 rings (SSSR count). The zero-order chi connectivity index (χ0) is 35.8. The number of piperidine rings is 2. The molecule has 2 atom stereocenters. The Balaban J connectivity index is 1.13. The molecule has 0 radical (unpaired) electrons. The quantitative estimate of drug-likeness (QED) is 0.136. The van der Waals surface area contributed by atoms with Gasteiger partial charge in [0.25, 0.3) is 0 Å². The third-order valence-electron chi connectivity index (χ3n) is 9.71. The van der Waals surface area contributed by atoms with Gasteiger partial charge in [0.05, 0.1) is 25.2 Å². The van der Waals surface area contributed by atoms with Crippen LogP contribution in [0.2, 0.25) is 0 Å². The van der Waals surface area contributed by atoms with Crippen molar-refractivity contribution in [2.24, 2.45) is 0 Å². The van der Waals surface area contributed by atoms with Crippen molar-refractivity contribution in [3.63, 3.8) is 0 Å². The molecule has 0 bridgehead atoms. The highest BCUT2D eigenvalue weighted by molar-refractivity contribution is 5.29. The Kier molecular flexibility index (Phi) is 19.4. The number of unbranched alkanes of at least 4 members (excludes halogenated alkanes) is 7. The summed E-state index contributed by atoms with van der Waals surface area (Å²) in [4.78, 5) is 7.18. The molecule has 272 valence electrons. The molecule has 5 heteroatoms. The summed E-state index contributed by atoms with van der Waals surface area (Å²) in [6.45, 7) is 8.90. The van der Waals surface area contributed by atoms with E-state index in [1.807, 2.05) is 12.1 Å². The highest BCUT2D eigenvalue weighted by Crippen LogP contribution is 2.26. The van der Waals surface area contributed by atoms with E-state index in [1.54, 1.807) is 24.3 Å². The molecule has 2 unspecified atom stereocenters. The summed E-state index contributed by atoms with van der Waals surface area (Å²) in [6, 6.07) is 13.8. The van der Waals surface area contributed by atoms with E-state index >= 15 is 0 Å². The smallest absolute Gasteiger partial charge is 0.123 e. The number of hydrogen-bond acceptors (Lipinski definition) is 3. The first-order valence-corrected chi connectivity index (χ1v) is 19.7. The van der Waals surface area contributed by atoms with Gasteiger partial charge in [0.2, 0.25) is 0 Å². The van der Waals surface area contributed by atoms with Crippen molar-refractivity contribution in [2.75, 3.05) is 45.8 Å². The van der Waals surface area contributed by atoms with Crippen LogP contribution in [0.4, 0.5) is 8.78 Å². The van der Waals surface area contributed by atoms with Crippen molar-refractivity contribution in [1.29, 1.82) is 0 Å². The Morgan fingerprint density at radius 3 is 1.41 bits per heavy atom. The fourth-order valence-corrected chi connectivity index (χ4v) is 6.78. The first-order valence-electron chi connectivity index (χ1n) is 19.7. The summed E-state index contributed by atoms with van der Waals surface area (Å²) in [5, 5.41) is 0. The second-order valence-electron chi connectivity index (χ2n) is 13.9. The second-order valence-corrected chi connectivity index (χ2v) is 13.9. The fourth-order valence-electron chi connectivity index (χ4n) is 6.78. The lowest BCUT2D eigenvalue weighted by molar-refractivity contribution is 0.197. The first kappa shape index (κ1) is 40.2. The molecule has 2 saturated heterocycles. The number of benzene rings is 2. The number of hydrogen-bond donors (Lipinski definition) is 0. The van der Waals surface area contributed by atoms with Gasteiger partial charge in [-0.3, -0.25) is 14.7 Å². The van der Waals surface area contributed by atoms with Gasteiger partial charge in [-0.25, -0.2) is 8.78 Å². The van der Waals surface area contributed by atoms with Crippen LogP contribution >= 0.6 is 0 Å². The van der Waals surface area contributed by atoms with Gasteiger partial charge in [-0.05, 0) is 119 Å². The maximum atomic E-state index is 13.9. The van der Waals surface area contributed by atoms with Gasteiger partial charge in [0.15, 0.2) is 0 Å². The zero-order valence-electron chi connectivity index (χ0n) is 31.1. The standard InChI is InChI=1S/C46H59F2N3/c1-2-3-32-49(33-18-12-8-4-6-10-16-30-45(50-35-20-14-21-36-50)41-26-24-28-43(47)39-41)34-19-13-9-5-7-11-17-31-46(51-37-22-15-23-38-51)42-27-25-29-44(48)40-42/h24-29,39-40,45-46H,2-11,14-15,20-23,32-38H2,1H3. The summed E-state index contributed by atoms with van der Waals surface area (Å²) in [6.07, 6.45) is 17.2. The third-order valence-corrected chi connectivity index (χ3v) is 9.71. The maximum absolute atomic E-state index is 13.9. The van der Waals surface area contributed by atoms with Crippen molar-refractivity contribution in [3.05, 3.63) is 71.3 Å². The molecule has 0 aromatic heterocycles. The molecule has 0 spiro atoms. The average molecular weight is 692 g/mol. The van der Waals surface area contributed by atoms with E-state index in [4.69, 9.17) is 0 Å². The SMILES string of the molecule is CCCCN(CC#CCCCCC#CC(c1cccc(F)c1)N1CCCCC1)CC#CCCCCC#CC(c1cccc(F)c1)N1CCCCC1. The van der Waals surface area contributed by atoms with Gasteiger partial charge in [-0.15, -0.1) is 23.7 Å². The van der Waals surface area contributed by atoms with E-state index in [0.29, 0.717) is 0 Å². The van der Waals surface area contributed by atoms with Crippen LogP contribution in [0.15, 0.2) is 48.5 Å². The van der Waals surface area contributed by atoms with Gasteiger partial charge in [-0.2, -0.15) is 0 Å². The largest absolute Gasteiger partial charge is 0.286 e. The van der Waals surface area contributed by atoms with Crippen LogP contribution in [0.25, 0.3) is 0 Å². The van der Waals surface area contributed by atoms with Crippen molar-refractivity contribution < 1.29 is 8.78 Å². The lowest BCUT2D eigenvalue weighted by atomic mass is 10.0. The van der Waals surface area contributed by atoms with E-state index in [2.05, 4.69) is 69.0 Å². The monoisotopic (exact) mass is 691 g/mol. The van der Waals surface area contributed by atoms with Crippen molar-refractivity contribution in [1.82, 2.24) is 14.7 Å². The van der Waals surface area contributed by atoms with Gasteiger partial charge >= 0.3 is 0 Å². The normalized spacial score (nSPS) is 16.0. The Hall–Kier alpha value is -3.58. The summed E-state index contributed by atoms with van der Waals surface area (Å²) < 4.78 is 27.9. The molecule has 0 saturated carbocycles. The molecule has 51 heavy (non-hydrogen) atoms. The third kappa shape index (κ3) is 15.7. The van der Waals surface area contributed by atoms with Crippen LogP contribution in [0, 0.1) is 59.0 Å². The van der Waals surface area contributed by atoms with Gasteiger partial charge < -0.3 is 0 Å². The maximum Gasteiger partial charge on any atom is 0.123 e. The summed E-state index contributed by atoms with van der Waals surface area (Å²) >= 11 is 0. The average Bonchev–Trinajstić information content (AvgIpc) is 3.15. The minimum atomic E-state index is -0.190. The molecule has 2 fully saturated rings. The number of rotatable bonds is 15. The predicted molar refractivity (Wildman–Crippen MR) is 209 cm³/mol. The highest BCUT2D eigenvalue weighted by atomic mass is 19.1. The Morgan fingerprint density at radius 1 is 0.569 bits per heavy atom. The topological polar surface area (TPSA) is 9.72 Å². The van der Waals surface area contributed by atoms with Crippen LogP contribution in [0.3, 0.4) is 0 Å². The minimum absolute atomic E-state index is 0.0195. The minimum Gasteiger partial charge on any atom is -0.286 e. The predicted octanol–water partition coefficient (Wildman–Crippen LogP) is 9.96. The highest BCUT2D eigenvalue weighted by Gasteiger charge is 2.22. The van der Waals surface area contributed by atoms with Crippen LogP contribution in [-0.2, 0) is 0 Å². The molecule has 2 aromatic carbocycles. The van der Waals surface area contributed by atoms with Crippen molar-refractivity contribution in [2.45, 2.75) is 122 Å². The Morgan fingerprint density at radius 2 is 1.00 bits per heavy atom. The van der Waals surface area contributed by atoms with E-state index < -0.39 is 0 Å². The summed E-state index contributed by atoms with van der Waals surface area (Å²) in [5.41, 5.74) is 1.93. The van der Waals surface area contributed by atoms with Gasteiger partial charge in [0.1, 0.15) is 11.6 Å². The summed E-state index contributed by atoms with van der Waals surface area (Å²) in [7, 11) is 0. The van der Waals surface area contributed by atoms with Crippen LogP contribution < -0.4 is 0 Å². The Labute approximate surface area is 308 Å². The molecule has 0 N–H and O–H groups in total. The van der Waals surface area contributed by atoms with Crippen LogP contribution in [0.5, 0.6) is 0 Å². The lowest BCUT2D eigenvalue weighted by Gasteiger charge is -2.31. The molecule has 2 aliphatic rings. The molecule has 0 amide bonds. The zero-order valence-corrected chi connectivity index (χ0v) is 31.1. The Bertz CT molecular complexity index is 1430. The fraction of sp³-hybridized carbons (Fsp3) is 0.565. The molecule has 3 nitrogen and oxygen atoms in total. The molecule has 2 aliphatic heterocycles. The second kappa shape index (κ2) is 24.6. The van der Waals surface area contributed by atoms with Crippen LogP contribution in [-0.4, -0.2) is 60.5 Å². The van der Waals surface area contributed by atoms with Crippen molar-refractivity contribution >= 4 is 0 Å². The lowest BCUT2D eigenvalue weighted by Crippen LogP contribution is -2.33. The van der Waals surface area contributed by atoms with E-state index in [9.17, 15) is 8.78 Å². The number of halogens is 2. The molecule has 0 aliphatic carbocycles. The molecule has 2 aromatic rings.